The standard InChI is InChI=1S/C22H20N2O6S/c1-30-17-10-4-14(5-11-17)13-18-20(26)24(22(29)31-18)12-2-3-19(25)23-16-8-6-15(7-9-16)21(27)28/h4-11,13H,2-3,12H2,1H3,(H,23,25)(H,27,28)/p-1. The maximum atomic E-state index is 12.5. The van der Waals surface area contributed by atoms with Gasteiger partial charge in [0.2, 0.25) is 5.91 Å². The lowest BCUT2D eigenvalue weighted by molar-refractivity contribution is -0.255. The lowest BCUT2D eigenvalue weighted by atomic mass is 10.2. The molecule has 9 heteroatoms. The first-order valence-electron chi connectivity index (χ1n) is 9.38. The molecule has 1 saturated heterocycles. The van der Waals surface area contributed by atoms with E-state index in [4.69, 9.17) is 4.74 Å². The number of ether oxygens (including phenoxy) is 1. The van der Waals surface area contributed by atoms with E-state index in [1.54, 1.807) is 37.5 Å². The summed E-state index contributed by atoms with van der Waals surface area (Å²) in [4.78, 5) is 49.0. The van der Waals surface area contributed by atoms with Crippen LogP contribution in [0.25, 0.3) is 6.08 Å². The molecule has 0 saturated carbocycles. The fraction of sp³-hybridized carbons (Fsp3) is 0.182. The van der Waals surface area contributed by atoms with E-state index in [9.17, 15) is 24.3 Å². The van der Waals surface area contributed by atoms with E-state index >= 15 is 0 Å². The summed E-state index contributed by atoms with van der Waals surface area (Å²) >= 11 is 0.865. The summed E-state index contributed by atoms with van der Waals surface area (Å²) in [5.74, 6) is -1.29. The molecule has 0 unspecified atom stereocenters. The zero-order valence-corrected chi connectivity index (χ0v) is 17.4. The van der Waals surface area contributed by atoms with Crippen LogP contribution in [0.4, 0.5) is 10.5 Å². The summed E-state index contributed by atoms with van der Waals surface area (Å²) in [6, 6.07) is 12.7. The number of nitrogens with zero attached hydrogens (tertiary/aromatic N) is 1. The van der Waals surface area contributed by atoms with Gasteiger partial charge in [0, 0.05) is 18.7 Å². The van der Waals surface area contributed by atoms with Crippen molar-refractivity contribution in [3.63, 3.8) is 0 Å². The number of imide groups is 1. The number of carboxylic acids is 1. The maximum Gasteiger partial charge on any atom is 0.293 e. The van der Waals surface area contributed by atoms with Gasteiger partial charge in [-0.25, -0.2) is 0 Å². The summed E-state index contributed by atoms with van der Waals surface area (Å²) in [7, 11) is 1.56. The summed E-state index contributed by atoms with van der Waals surface area (Å²) in [5, 5.41) is 13.0. The van der Waals surface area contributed by atoms with Crippen molar-refractivity contribution in [1.82, 2.24) is 4.90 Å². The van der Waals surface area contributed by atoms with Gasteiger partial charge in [0.25, 0.3) is 11.1 Å². The Kier molecular flexibility index (Phi) is 7.09. The summed E-state index contributed by atoms with van der Waals surface area (Å²) in [6.45, 7) is 0.127. The second-order valence-corrected chi connectivity index (χ2v) is 7.62. The number of rotatable bonds is 8. The molecule has 2 aromatic rings. The third-order valence-electron chi connectivity index (χ3n) is 4.48. The molecular weight excluding hydrogens is 420 g/mol. The van der Waals surface area contributed by atoms with E-state index in [2.05, 4.69) is 5.32 Å². The Balaban J connectivity index is 1.51. The molecule has 1 fully saturated rings. The quantitative estimate of drug-likeness (QED) is 0.628. The molecule has 0 aliphatic carbocycles. The molecule has 31 heavy (non-hydrogen) atoms. The van der Waals surface area contributed by atoms with Crippen molar-refractivity contribution in [3.8, 4) is 5.75 Å². The zero-order chi connectivity index (χ0) is 22.4. The number of hydrogen-bond donors (Lipinski definition) is 1. The van der Waals surface area contributed by atoms with E-state index in [-0.39, 0.29) is 35.6 Å². The van der Waals surface area contributed by atoms with Crippen LogP contribution in [0.5, 0.6) is 5.75 Å². The molecule has 0 spiro atoms. The minimum absolute atomic E-state index is 0.0139. The van der Waals surface area contributed by atoms with E-state index < -0.39 is 5.97 Å². The number of carbonyl (C=O) groups is 4. The SMILES string of the molecule is COc1ccc(C=C2SC(=O)N(CCCC(=O)Nc3ccc(C(=O)[O-])cc3)C2=O)cc1. The Morgan fingerprint density at radius 1 is 1.10 bits per heavy atom. The molecule has 1 aliphatic heterocycles. The molecule has 8 nitrogen and oxygen atoms in total. The number of hydrogen-bond acceptors (Lipinski definition) is 7. The minimum Gasteiger partial charge on any atom is -0.545 e. The van der Waals surface area contributed by atoms with Crippen LogP contribution < -0.4 is 15.2 Å². The van der Waals surface area contributed by atoms with Gasteiger partial charge < -0.3 is 20.0 Å². The van der Waals surface area contributed by atoms with Crippen LogP contribution in [0, 0.1) is 0 Å². The van der Waals surface area contributed by atoms with E-state index in [1.807, 2.05) is 0 Å². The van der Waals surface area contributed by atoms with Crippen LogP contribution in [-0.4, -0.2) is 41.6 Å². The normalized spacial score (nSPS) is 14.7. The van der Waals surface area contributed by atoms with Crippen LogP contribution in [0.1, 0.15) is 28.8 Å². The molecular formula is C22H19N2O6S-. The number of methoxy groups -OCH3 is 1. The van der Waals surface area contributed by atoms with Crippen molar-refractivity contribution in [2.75, 3.05) is 19.0 Å². The molecule has 0 bridgehead atoms. The van der Waals surface area contributed by atoms with Crippen molar-refractivity contribution in [2.24, 2.45) is 0 Å². The fourth-order valence-corrected chi connectivity index (χ4v) is 3.72. The van der Waals surface area contributed by atoms with Crippen molar-refractivity contribution in [3.05, 3.63) is 64.6 Å². The second-order valence-electron chi connectivity index (χ2n) is 6.62. The van der Waals surface area contributed by atoms with Gasteiger partial charge in [0.05, 0.1) is 18.0 Å². The van der Waals surface area contributed by atoms with E-state index in [0.717, 1.165) is 22.2 Å². The van der Waals surface area contributed by atoms with Crippen LogP contribution in [0.3, 0.4) is 0 Å². The van der Waals surface area contributed by atoms with Gasteiger partial charge in [-0.1, -0.05) is 24.3 Å². The first kappa shape index (κ1) is 22.1. The topological polar surface area (TPSA) is 116 Å². The second kappa shape index (κ2) is 9.94. The number of aromatic carboxylic acids is 1. The first-order chi connectivity index (χ1) is 14.9. The Hall–Kier alpha value is -3.59. The van der Waals surface area contributed by atoms with E-state index in [1.165, 1.54) is 24.3 Å². The molecule has 3 amide bonds. The number of benzene rings is 2. The zero-order valence-electron chi connectivity index (χ0n) is 16.6. The highest BCUT2D eigenvalue weighted by atomic mass is 32.2. The third-order valence-corrected chi connectivity index (χ3v) is 5.38. The van der Waals surface area contributed by atoms with Gasteiger partial charge >= 0.3 is 0 Å². The molecule has 1 aliphatic rings. The largest absolute Gasteiger partial charge is 0.545 e. The minimum atomic E-state index is -1.30. The Labute approximate surface area is 182 Å². The third kappa shape index (κ3) is 5.73. The molecule has 2 aromatic carbocycles. The van der Waals surface area contributed by atoms with Gasteiger partial charge in [-0.3, -0.25) is 19.3 Å². The molecule has 0 atom stereocenters. The van der Waals surface area contributed by atoms with E-state index in [0.29, 0.717) is 22.8 Å². The molecule has 0 radical (unpaired) electrons. The maximum absolute atomic E-state index is 12.5. The summed E-state index contributed by atoms with van der Waals surface area (Å²) < 4.78 is 5.10. The highest BCUT2D eigenvalue weighted by Gasteiger charge is 2.34. The van der Waals surface area contributed by atoms with Gasteiger partial charge in [-0.15, -0.1) is 0 Å². The highest BCUT2D eigenvalue weighted by molar-refractivity contribution is 8.18. The Morgan fingerprint density at radius 2 is 1.77 bits per heavy atom. The Morgan fingerprint density at radius 3 is 2.39 bits per heavy atom. The smallest absolute Gasteiger partial charge is 0.293 e. The van der Waals surface area contributed by atoms with Crippen molar-refractivity contribution in [2.45, 2.75) is 12.8 Å². The van der Waals surface area contributed by atoms with Crippen LogP contribution in [0.2, 0.25) is 0 Å². The number of nitrogens with one attached hydrogen (secondary N) is 1. The number of anilines is 1. The predicted octanol–water partition coefficient (Wildman–Crippen LogP) is 2.51. The lowest BCUT2D eigenvalue weighted by Crippen LogP contribution is -2.29. The molecule has 0 aromatic heterocycles. The number of carbonyl (C=O) groups excluding carboxylic acids is 4. The molecule has 3 rings (SSSR count). The first-order valence-corrected chi connectivity index (χ1v) is 10.2. The average molecular weight is 439 g/mol. The van der Waals surface area contributed by atoms with Gasteiger partial charge in [0.1, 0.15) is 5.75 Å². The number of carboxylic acid groups (broad SMARTS) is 1. The van der Waals surface area contributed by atoms with Crippen LogP contribution in [0.15, 0.2) is 53.4 Å². The summed E-state index contributed by atoms with van der Waals surface area (Å²) in [6.07, 6.45) is 2.05. The molecule has 1 heterocycles. The van der Waals surface area contributed by atoms with Crippen molar-refractivity contribution in [1.29, 1.82) is 0 Å². The van der Waals surface area contributed by atoms with Gasteiger partial charge in [0.15, 0.2) is 0 Å². The summed E-state index contributed by atoms with van der Waals surface area (Å²) in [5.41, 5.74) is 1.24. The van der Waals surface area contributed by atoms with Crippen molar-refractivity contribution >= 4 is 46.5 Å². The average Bonchev–Trinajstić information content (AvgIpc) is 3.02. The van der Waals surface area contributed by atoms with Crippen LogP contribution >= 0.6 is 11.8 Å². The van der Waals surface area contributed by atoms with Crippen LogP contribution in [-0.2, 0) is 9.59 Å². The lowest BCUT2D eigenvalue weighted by Gasteiger charge is -2.12. The Bertz CT molecular complexity index is 1030. The molecule has 160 valence electrons. The molecule has 1 N–H and O–H groups in total. The monoisotopic (exact) mass is 439 g/mol. The van der Waals surface area contributed by atoms with Gasteiger partial charge in [-0.05, 0) is 59.7 Å². The fourth-order valence-electron chi connectivity index (χ4n) is 2.86. The highest BCUT2D eigenvalue weighted by Crippen LogP contribution is 2.32. The van der Waals surface area contributed by atoms with Crippen molar-refractivity contribution < 1.29 is 29.0 Å². The number of thioether (sulfide) groups is 1. The van der Waals surface area contributed by atoms with Gasteiger partial charge in [-0.2, -0.15) is 0 Å². The predicted molar refractivity (Wildman–Crippen MR) is 114 cm³/mol. The number of amides is 3.